The number of nitrogens with one attached hydrogen (secondary N) is 2. The topological polar surface area (TPSA) is 68.8 Å². The molecule has 0 aromatic heterocycles. The van der Waals surface area contributed by atoms with Gasteiger partial charge in [0.1, 0.15) is 30.5 Å². The van der Waals surface area contributed by atoms with Crippen LogP contribution < -0.4 is 24.8 Å². The number of halogens is 1. The van der Waals surface area contributed by atoms with Gasteiger partial charge in [-0.15, -0.1) is 0 Å². The third-order valence-electron chi connectivity index (χ3n) is 3.50. The van der Waals surface area contributed by atoms with Crippen molar-refractivity contribution in [3.05, 3.63) is 53.1 Å². The fourth-order valence-electron chi connectivity index (χ4n) is 2.17. The van der Waals surface area contributed by atoms with Crippen LogP contribution in [0.3, 0.4) is 0 Å². The summed E-state index contributed by atoms with van der Waals surface area (Å²) in [7, 11) is 1.61. The molecule has 0 radical (unpaired) electrons. The molecule has 2 amide bonds. The van der Waals surface area contributed by atoms with Gasteiger partial charge in [-0.2, -0.15) is 0 Å². The van der Waals surface area contributed by atoms with Gasteiger partial charge in [-0.05, 0) is 55.0 Å². The Hall–Kier alpha value is -2.60. The Bertz CT molecular complexity index is 707. The van der Waals surface area contributed by atoms with Crippen LogP contribution in [0.25, 0.3) is 0 Å². The Morgan fingerprint density at radius 1 is 0.962 bits per heavy atom. The molecule has 2 rings (SSSR count). The Balaban J connectivity index is 1.55. The predicted octanol–water partition coefficient (Wildman–Crippen LogP) is 3.41. The maximum atomic E-state index is 11.7. The second kappa shape index (κ2) is 10.4. The van der Waals surface area contributed by atoms with E-state index < -0.39 is 0 Å². The van der Waals surface area contributed by atoms with Crippen LogP contribution >= 0.6 is 11.6 Å². The zero-order chi connectivity index (χ0) is 18.8. The molecule has 0 unspecified atom stereocenters. The SMILES string of the molecule is COc1ccc(OCCNC(=O)NCCOc2ccc(Cl)cc2C)cc1. The summed E-state index contributed by atoms with van der Waals surface area (Å²) in [4.78, 5) is 11.7. The number of carbonyl (C=O) groups is 1. The van der Waals surface area contributed by atoms with E-state index in [0.29, 0.717) is 31.3 Å². The van der Waals surface area contributed by atoms with Crippen molar-refractivity contribution in [2.24, 2.45) is 0 Å². The second-order valence-corrected chi connectivity index (χ2v) is 5.90. The van der Waals surface area contributed by atoms with Gasteiger partial charge in [0.25, 0.3) is 0 Å². The third kappa shape index (κ3) is 6.72. The zero-order valence-electron chi connectivity index (χ0n) is 14.9. The van der Waals surface area contributed by atoms with E-state index in [2.05, 4.69) is 10.6 Å². The maximum absolute atomic E-state index is 11.7. The summed E-state index contributed by atoms with van der Waals surface area (Å²) in [5, 5.41) is 6.12. The molecule has 2 aromatic carbocycles. The van der Waals surface area contributed by atoms with Gasteiger partial charge < -0.3 is 24.8 Å². The van der Waals surface area contributed by atoms with Crippen LogP contribution in [0.15, 0.2) is 42.5 Å². The number of benzene rings is 2. The molecule has 140 valence electrons. The summed E-state index contributed by atoms with van der Waals surface area (Å²) in [6.45, 7) is 3.46. The Labute approximate surface area is 158 Å². The van der Waals surface area contributed by atoms with E-state index in [1.165, 1.54) is 0 Å². The van der Waals surface area contributed by atoms with Gasteiger partial charge in [0.05, 0.1) is 20.2 Å². The Kier molecular flexibility index (Phi) is 7.89. The fraction of sp³-hybridized carbons (Fsp3) is 0.316. The van der Waals surface area contributed by atoms with E-state index >= 15 is 0 Å². The Morgan fingerprint density at radius 2 is 1.58 bits per heavy atom. The van der Waals surface area contributed by atoms with Crippen LogP contribution in [-0.4, -0.2) is 39.4 Å². The summed E-state index contributed by atoms with van der Waals surface area (Å²) in [6, 6.07) is 12.4. The average molecular weight is 379 g/mol. The molecule has 6 nitrogen and oxygen atoms in total. The van der Waals surface area contributed by atoms with E-state index in [-0.39, 0.29) is 6.03 Å². The van der Waals surface area contributed by atoms with Crippen LogP contribution in [0.1, 0.15) is 5.56 Å². The molecule has 2 aromatic rings. The monoisotopic (exact) mass is 378 g/mol. The molecular formula is C19H23ClN2O4. The quantitative estimate of drug-likeness (QED) is 0.656. The summed E-state index contributed by atoms with van der Waals surface area (Å²) >= 11 is 5.90. The number of aryl methyl sites for hydroxylation is 1. The summed E-state index contributed by atoms with van der Waals surface area (Å²) in [6.07, 6.45) is 0. The molecule has 26 heavy (non-hydrogen) atoms. The smallest absolute Gasteiger partial charge is 0.315 e. The number of amides is 2. The first-order valence-electron chi connectivity index (χ1n) is 8.26. The zero-order valence-corrected chi connectivity index (χ0v) is 15.6. The first kappa shape index (κ1) is 19.7. The lowest BCUT2D eigenvalue weighted by atomic mass is 10.2. The molecular weight excluding hydrogens is 356 g/mol. The number of carbonyl (C=O) groups excluding carboxylic acids is 1. The number of methoxy groups -OCH3 is 1. The maximum Gasteiger partial charge on any atom is 0.315 e. The van der Waals surface area contributed by atoms with E-state index in [1.54, 1.807) is 13.2 Å². The highest BCUT2D eigenvalue weighted by Crippen LogP contribution is 2.21. The number of hydrogen-bond acceptors (Lipinski definition) is 4. The largest absolute Gasteiger partial charge is 0.497 e. The lowest BCUT2D eigenvalue weighted by Gasteiger charge is -2.11. The molecule has 0 aliphatic heterocycles. The highest BCUT2D eigenvalue weighted by Gasteiger charge is 2.02. The molecule has 0 fully saturated rings. The number of hydrogen-bond donors (Lipinski definition) is 2. The molecule has 0 bridgehead atoms. The third-order valence-corrected chi connectivity index (χ3v) is 3.73. The van der Waals surface area contributed by atoms with Gasteiger partial charge in [-0.3, -0.25) is 0 Å². The van der Waals surface area contributed by atoms with Crippen LogP contribution in [0.2, 0.25) is 5.02 Å². The van der Waals surface area contributed by atoms with Crippen molar-refractivity contribution in [1.29, 1.82) is 0 Å². The summed E-state index contributed by atoms with van der Waals surface area (Å²) < 4.78 is 16.2. The normalized spacial score (nSPS) is 10.1. The van der Waals surface area contributed by atoms with Crippen LogP contribution in [0.4, 0.5) is 4.79 Å². The van der Waals surface area contributed by atoms with Gasteiger partial charge in [0.2, 0.25) is 0 Å². The predicted molar refractivity (Wildman–Crippen MR) is 102 cm³/mol. The van der Waals surface area contributed by atoms with Crippen molar-refractivity contribution >= 4 is 17.6 Å². The molecule has 2 N–H and O–H groups in total. The molecule has 7 heteroatoms. The minimum Gasteiger partial charge on any atom is -0.497 e. The first-order chi connectivity index (χ1) is 12.6. The standard InChI is InChI=1S/C19H23ClN2O4/c1-14-13-15(20)3-8-18(14)26-12-10-22-19(23)21-9-11-25-17-6-4-16(24-2)5-7-17/h3-8,13H,9-12H2,1-2H3,(H2,21,22,23). The lowest BCUT2D eigenvalue weighted by Crippen LogP contribution is -2.39. The first-order valence-corrected chi connectivity index (χ1v) is 8.64. The van der Waals surface area contributed by atoms with Gasteiger partial charge in [-0.25, -0.2) is 4.79 Å². The van der Waals surface area contributed by atoms with Crippen molar-refractivity contribution in [3.63, 3.8) is 0 Å². The molecule has 0 aliphatic rings. The molecule has 0 aliphatic carbocycles. The van der Waals surface area contributed by atoms with Crippen molar-refractivity contribution in [2.75, 3.05) is 33.4 Å². The second-order valence-electron chi connectivity index (χ2n) is 5.46. The van der Waals surface area contributed by atoms with Gasteiger partial charge >= 0.3 is 6.03 Å². The minimum absolute atomic E-state index is 0.264. The van der Waals surface area contributed by atoms with E-state index in [1.807, 2.05) is 43.3 Å². The lowest BCUT2D eigenvalue weighted by molar-refractivity contribution is 0.232. The van der Waals surface area contributed by atoms with E-state index in [4.69, 9.17) is 25.8 Å². The summed E-state index contributed by atoms with van der Waals surface area (Å²) in [5.41, 5.74) is 0.956. The molecule has 0 spiro atoms. The van der Waals surface area contributed by atoms with Gasteiger partial charge in [0, 0.05) is 5.02 Å². The molecule has 0 saturated carbocycles. The highest BCUT2D eigenvalue weighted by molar-refractivity contribution is 6.30. The van der Waals surface area contributed by atoms with Crippen LogP contribution in [0.5, 0.6) is 17.2 Å². The molecule has 0 atom stereocenters. The minimum atomic E-state index is -0.264. The van der Waals surface area contributed by atoms with Crippen molar-refractivity contribution in [3.8, 4) is 17.2 Å². The van der Waals surface area contributed by atoms with E-state index in [0.717, 1.165) is 22.8 Å². The molecule has 0 saturated heterocycles. The van der Waals surface area contributed by atoms with Crippen LogP contribution in [-0.2, 0) is 0 Å². The highest BCUT2D eigenvalue weighted by atomic mass is 35.5. The fourth-order valence-corrected chi connectivity index (χ4v) is 2.39. The van der Waals surface area contributed by atoms with Crippen molar-refractivity contribution in [2.45, 2.75) is 6.92 Å². The number of ether oxygens (including phenoxy) is 3. The van der Waals surface area contributed by atoms with Crippen molar-refractivity contribution < 1.29 is 19.0 Å². The number of rotatable bonds is 9. The number of urea groups is 1. The average Bonchev–Trinajstić information content (AvgIpc) is 2.64. The van der Waals surface area contributed by atoms with E-state index in [9.17, 15) is 4.79 Å². The van der Waals surface area contributed by atoms with Crippen molar-refractivity contribution in [1.82, 2.24) is 10.6 Å². The summed E-state index contributed by atoms with van der Waals surface area (Å²) in [5.74, 6) is 2.25. The Morgan fingerprint density at radius 3 is 2.19 bits per heavy atom. The van der Waals surface area contributed by atoms with Gasteiger partial charge in [0.15, 0.2) is 0 Å². The van der Waals surface area contributed by atoms with Crippen LogP contribution in [0, 0.1) is 6.92 Å². The van der Waals surface area contributed by atoms with Gasteiger partial charge in [-0.1, -0.05) is 11.6 Å². The molecule has 0 heterocycles.